The van der Waals surface area contributed by atoms with Crippen LogP contribution in [0.2, 0.25) is 0 Å². The maximum Gasteiger partial charge on any atom is 0.225 e. The molecule has 1 unspecified atom stereocenters. The summed E-state index contributed by atoms with van der Waals surface area (Å²) in [5, 5.41) is 11.6. The molecule has 0 aliphatic carbocycles. The first-order valence-corrected chi connectivity index (χ1v) is 4.23. The fourth-order valence-corrected chi connectivity index (χ4v) is 1.13. The summed E-state index contributed by atoms with van der Waals surface area (Å²) in [6.07, 6.45) is 0.322. The first kappa shape index (κ1) is 9.48. The average Bonchev–Trinajstić information content (AvgIpc) is 2.51. The third kappa shape index (κ3) is 2.79. The van der Waals surface area contributed by atoms with Crippen molar-refractivity contribution in [1.29, 1.82) is 0 Å². The maximum atomic E-state index is 11.2. The number of hydrogen-bond donors (Lipinski definition) is 2. The van der Waals surface area contributed by atoms with Gasteiger partial charge in [0.1, 0.15) is 0 Å². The number of carbonyl (C=O) groups excluding carboxylic acids is 1. The number of carbonyl (C=O) groups is 1. The van der Waals surface area contributed by atoms with Crippen LogP contribution in [0.15, 0.2) is 0 Å². The van der Waals surface area contributed by atoms with E-state index in [-0.39, 0.29) is 11.8 Å². The van der Waals surface area contributed by atoms with Gasteiger partial charge in [0.25, 0.3) is 0 Å². The number of amides is 1. The molecule has 1 heterocycles. The van der Waals surface area contributed by atoms with E-state index in [2.05, 4.69) is 5.32 Å². The molecule has 0 aromatic carbocycles. The second kappa shape index (κ2) is 4.42. The van der Waals surface area contributed by atoms with Gasteiger partial charge < -0.3 is 15.2 Å². The van der Waals surface area contributed by atoms with Gasteiger partial charge in [-0.15, -0.1) is 0 Å². The Morgan fingerprint density at radius 1 is 1.83 bits per heavy atom. The number of aliphatic hydroxyl groups excluding tert-OH is 1. The summed E-state index contributed by atoms with van der Waals surface area (Å²) in [7, 11) is 0. The van der Waals surface area contributed by atoms with Crippen LogP contribution in [-0.2, 0) is 9.53 Å². The monoisotopic (exact) mass is 173 g/mol. The summed E-state index contributed by atoms with van der Waals surface area (Å²) < 4.78 is 5.06. The Kier molecular flexibility index (Phi) is 3.49. The molecule has 2 N–H and O–H groups in total. The summed E-state index contributed by atoms with van der Waals surface area (Å²) in [5.74, 6) is -0.0165. The first-order chi connectivity index (χ1) is 5.70. The number of ether oxygens (including phenoxy) is 1. The van der Waals surface area contributed by atoms with Crippen LogP contribution < -0.4 is 5.32 Å². The van der Waals surface area contributed by atoms with Crippen molar-refractivity contribution in [3.63, 3.8) is 0 Å². The average molecular weight is 173 g/mol. The van der Waals surface area contributed by atoms with E-state index < -0.39 is 6.10 Å². The molecule has 2 atom stereocenters. The number of hydrogen-bond acceptors (Lipinski definition) is 3. The topological polar surface area (TPSA) is 58.6 Å². The van der Waals surface area contributed by atoms with Crippen molar-refractivity contribution in [2.75, 3.05) is 19.8 Å². The van der Waals surface area contributed by atoms with Crippen molar-refractivity contribution >= 4 is 5.91 Å². The Bertz CT molecular complexity index is 152. The van der Waals surface area contributed by atoms with Crippen LogP contribution in [0.1, 0.15) is 13.3 Å². The zero-order chi connectivity index (χ0) is 8.97. The summed E-state index contributed by atoms with van der Waals surface area (Å²) in [5.41, 5.74) is 0. The van der Waals surface area contributed by atoms with Crippen LogP contribution in [0.25, 0.3) is 0 Å². The third-order valence-corrected chi connectivity index (χ3v) is 1.87. The minimum Gasteiger partial charge on any atom is -0.392 e. The van der Waals surface area contributed by atoms with Crippen LogP contribution in [0.5, 0.6) is 0 Å². The van der Waals surface area contributed by atoms with Crippen LogP contribution >= 0.6 is 0 Å². The number of nitrogens with one attached hydrogen (secondary N) is 1. The lowest BCUT2D eigenvalue weighted by Crippen LogP contribution is -2.35. The molecule has 4 heteroatoms. The molecule has 70 valence electrons. The Morgan fingerprint density at radius 2 is 2.58 bits per heavy atom. The largest absolute Gasteiger partial charge is 0.392 e. The van der Waals surface area contributed by atoms with Crippen molar-refractivity contribution in [1.82, 2.24) is 5.32 Å². The van der Waals surface area contributed by atoms with E-state index in [1.807, 2.05) is 0 Å². The van der Waals surface area contributed by atoms with Gasteiger partial charge in [-0.05, 0) is 13.3 Å². The van der Waals surface area contributed by atoms with E-state index in [1.165, 1.54) is 0 Å². The summed E-state index contributed by atoms with van der Waals surface area (Å²) >= 11 is 0. The highest BCUT2D eigenvalue weighted by Crippen LogP contribution is 2.11. The third-order valence-electron chi connectivity index (χ3n) is 1.87. The highest BCUT2D eigenvalue weighted by Gasteiger charge is 2.22. The predicted molar refractivity (Wildman–Crippen MR) is 43.6 cm³/mol. The molecule has 1 amide bonds. The fraction of sp³-hybridized carbons (Fsp3) is 0.875. The fourth-order valence-electron chi connectivity index (χ4n) is 1.13. The van der Waals surface area contributed by atoms with Gasteiger partial charge in [-0.25, -0.2) is 0 Å². The molecule has 0 saturated carbocycles. The minimum atomic E-state index is -0.476. The lowest BCUT2D eigenvalue weighted by Gasteiger charge is -2.10. The van der Waals surface area contributed by atoms with Gasteiger partial charge in [-0.1, -0.05) is 0 Å². The van der Waals surface area contributed by atoms with E-state index >= 15 is 0 Å². The molecular formula is C8H15NO3. The Balaban J connectivity index is 2.18. The SMILES string of the molecule is C[C@H](O)CNC(=O)C1CCOC1. The lowest BCUT2D eigenvalue weighted by molar-refractivity contribution is -0.125. The quantitative estimate of drug-likeness (QED) is 0.606. The Labute approximate surface area is 71.9 Å². The van der Waals surface area contributed by atoms with Crippen molar-refractivity contribution in [3.8, 4) is 0 Å². The normalized spacial score (nSPS) is 25.3. The highest BCUT2D eigenvalue weighted by molar-refractivity contribution is 5.78. The van der Waals surface area contributed by atoms with Gasteiger partial charge >= 0.3 is 0 Å². The molecule has 0 spiro atoms. The standard InChI is InChI=1S/C8H15NO3/c1-6(10)4-9-8(11)7-2-3-12-5-7/h6-7,10H,2-5H2,1H3,(H,9,11)/t6-,7?/m0/s1. The molecule has 4 nitrogen and oxygen atoms in total. The molecule has 1 fully saturated rings. The van der Waals surface area contributed by atoms with Crippen LogP contribution in [0.4, 0.5) is 0 Å². The van der Waals surface area contributed by atoms with E-state index in [1.54, 1.807) is 6.92 Å². The van der Waals surface area contributed by atoms with Gasteiger partial charge in [0.15, 0.2) is 0 Å². The summed E-state index contributed by atoms with van der Waals surface area (Å²) in [6, 6.07) is 0. The number of aliphatic hydroxyl groups is 1. The van der Waals surface area contributed by atoms with E-state index in [0.717, 1.165) is 6.42 Å². The number of rotatable bonds is 3. The molecule has 1 rings (SSSR count). The van der Waals surface area contributed by atoms with Crippen LogP contribution in [-0.4, -0.2) is 36.9 Å². The minimum absolute atomic E-state index is 0.00611. The maximum absolute atomic E-state index is 11.2. The molecule has 1 saturated heterocycles. The molecule has 1 aliphatic heterocycles. The molecule has 0 radical (unpaired) electrons. The smallest absolute Gasteiger partial charge is 0.225 e. The molecular weight excluding hydrogens is 158 g/mol. The second-order valence-electron chi connectivity index (χ2n) is 3.15. The molecule has 12 heavy (non-hydrogen) atoms. The molecule has 0 aromatic heterocycles. The van der Waals surface area contributed by atoms with Crippen molar-refractivity contribution < 1.29 is 14.6 Å². The van der Waals surface area contributed by atoms with Crippen molar-refractivity contribution in [2.24, 2.45) is 5.92 Å². The first-order valence-electron chi connectivity index (χ1n) is 4.23. The van der Waals surface area contributed by atoms with Crippen molar-refractivity contribution in [2.45, 2.75) is 19.4 Å². The van der Waals surface area contributed by atoms with Gasteiger partial charge in [0.2, 0.25) is 5.91 Å². The van der Waals surface area contributed by atoms with Crippen molar-refractivity contribution in [3.05, 3.63) is 0 Å². The zero-order valence-electron chi connectivity index (χ0n) is 7.25. The highest BCUT2D eigenvalue weighted by atomic mass is 16.5. The van der Waals surface area contributed by atoms with E-state index in [0.29, 0.717) is 19.8 Å². The second-order valence-corrected chi connectivity index (χ2v) is 3.15. The molecule has 0 aromatic rings. The zero-order valence-corrected chi connectivity index (χ0v) is 7.25. The van der Waals surface area contributed by atoms with Crippen LogP contribution in [0, 0.1) is 5.92 Å². The molecule has 0 bridgehead atoms. The molecule has 1 aliphatic rings. The lowest BCUT2D eigenvalue weighted by atomic mass is 10.1. The Hall–Kier alpha value is -0.610. The van der Waals surface area contributed by atoms with Gasteiger partial charge in [0, 0.05) is 13.2 Å². The van der Waals surface area contributed by atoms with Gasteiger partial charge in [-0.3, -0.25) is 4.79 Å². The van der Waals surface area contributed by atoms with Crippen LogP contribution in [0.3, 0.4) is 0 Å². The van der Waals surface area contributed by atoms with E-state index in [9.17, 15) is 4.79 Å². The predicted octanol–water partition coefficient (Wildman–Crippen LogP) is -0.480. The van der Waals surface area contributed by atoms with E-state index in [4.69, 9.17) is 9.84 Å². The van der Waals surface area contributed by atoms with Gasteiger partial charge in [0.05, 0.1) is 18.6 Å². The van der Waals surface area contributed by atoms with Gasteiger partial charge in [-0.2, -0.15) is 0 Å². The summed E-state index contributed by atoms with van der Waals surface area (Å²) in [6.45, 7) is 3.17. The Morgan fingerprint density at radius 3 is 3.08 bits per heavy atom. The summed E-state index contributed by atoms with van der Waals surface area (Å²) in [4.78, 5) is 11.2.